The van der Waals surface area contributed by atoms with Crippen molar-refractivity contribution in [2.45, 2.75) is 55.1 Å². The van der Waals surface area contributed by atoms with Gasteiger partial charge in [-0.2, -0.15) is 0 Å². The molecular formula is C18H22FN4O14PS. The van der Waals surface area contributed by atoms with Crippen LogP contribution in [0.2, 0.25) is 0 Å². The molecule has 6 unspecified atom stereocenters. The Hall–Kier alpha value is -2.46. The van der Waals surface area contributed by atoms with Crippen molar-refractivity contribution in [1.82, 2.24) is 19.1 Å². The lowest BCUT2D eigenvalue weighted by atomic mass is 10.1. The predicted octanol–water partition coefficient (Wildman–Crippen LogP) is -4.81. The topological polar surface area (TPSA) is 268 Å². The zero-order valence-electron chi connectivity index (χ0n) is 19.2. The molecule has 2 saturated heterocycles. The van der Waals surface area contributed by atoms with Crippen LogP contribution in [-0.4, -0.2) is 98.8 Å². The first kappa shape index (κ1) is 29.5. The van der Waals surface area contributed by atoms with E-state index in [4.69, 9.17) is 30.3 Å². The van der Waals surface area contributed by atoms with Crippen LogP contribution in [0.5, 0.6) is 0 Å². The van der Waals surface area contributed by atoms with Crippen molar-refractivity contribution < 1.29 is 53.3 Å². The smallest absolute Gasteiger partial charge is 0.330 e. The summed E-state index contributed by atoms with van der Waals surface area (Å²) in [4.78, 5) is 60.8. The third-order valence-corrected chi connectivity index (χ3v) is 7.37. The quantitative estimate of drug-likeness (QED) is 0.104. The van der Waals surface area contributed by atoms with Crippen molar-refractivity contribution in [2.75, 3.05) is 6.61 Å². The minimum absolute atomic E-state index is 0.523. The molecule has 0 aromatic carbocycles. The molecule has 2 aliphatic heterocycles. The average molecular weight is 600 g/mol. The van der Waals surface area contributed by atoms with Gasteiger partial charge in [0.25, 0.3) is 11.1 Å². The maximum atomic E-state index is 15.4. The second-order valence-corrected chi connectivity index (χ2v) is 11.1. The van der Waals surface area contributed by atoms with E-state index in [1.165, 1.54) is 0 Å². The molecule has 0 saturated carbocycles. The highest BCUT2D eigenvalue weighted by molar-refractivity contribution is 8.07. The van der Waals surface area contributed by atoms with E-state index in [1.807, 2.05) is 9.97 Å². The number of aromatic amines is 2. The molecule has 2 aromatic heterocycles. The Morgan fingerprint density at radius 2 is 1.59 bits per heavy atom. The van der Waals surface area contributed by atoms with Crippen molar-refractivity contribution >= 4 is 18.5 Å². The van der Waals surface area contributed by atoms with Gasteiger partial charge in [0.1, 0.15) is 24.4 Å². The molecular weight excluding hydrogens is 578 g/mol. The Morgan fingerprint density at radius 1 is 1.05 bits per heavy atom. The SMILES string of the molecule is O=c1ccn([C@H]2O[C@@H](C(O)OP(O)(=S)OC3(O)C(F)[C@@H](n4ccc(=O)[nH]c4=O)O[C@H]3CO)C(O)C2O)c(=O)[nH]1. The normalized spacial score (nSPS) is 35.1. The van der Waals surface area contributed by atoms with E-state index >= 15 is 4.39 Å². The summed E-state index contributed by atoms with van der Waals surface area (Å²) in [6.07, 6.45) is -14.7. The van der Waals surface area contributed by atoms with E-state index in [2.05, 4.69) is 0 Å². The van der Waals surface area contributed by atoms with Gasteiger partial charge in [0, 0.05) is 24.5 Å². The van der Waals surface area contributed by atoms with E-state index in [-0.39, 0.29) is 0 Å². The minimum atomic E-state index is -4.93. The van der Waals surface area contributed by atoms with Gasteiger partial charge in [0.2, 0.25) is 12.0 Å². The van der Waals surface area contributed by atoms with Crippen molar-refractivity contribution in [1.29, 1.82) is 0 Å². The number of hydrogen-bond acceptors (Lipinski definition) is 14. The number of aliphatic hydroxyl groups excluding tert-OH is 4. The highest BCUT2D eigenvalue weighted by Gasteiger charge is 2.61. The first-order valence-corrected chi connectivity index (χ1v) is 13.4. The molecule has 0 aliphatic carbocycles. The van der Waals surface area contributed by atoms with Crippen LogP contribution in [0.25, 0.3) is 0 Å². The van der Waals surface area contributed by atoms with Gasteiger partial charge in [-0.25, -0.2) is 14.0 Å². The van der Waals surface area contributed by atoms with Crippen LogP contribution >= 0.6 is 6.72 Å². The van der Waals surface area contributed by atoms with Gasteiger partial charge in [-0.05, 0) is 11.8 Å². The van der Waals surface area contributed by atoms with Gasteiger partial charge < -0.3 is 39.9 Å². The molecule has 8 N–H and O–H groups in total. The number of H-pyrrole nitrogens is 2. The molecule has 10 atom stereocenters. The summed E-state index contributed by atoms with van der Waals surface area (Å²) in [5.41, 5.74) is -3.77. The third kappa shape index (κ3) is 5.59. The number of alkyl halides is 1. The molecule has 2 aromatic rings. The Kier molecular flexibility index (Phi) is 8.21. The maximum absolute atomic E-state index is 15.4. The lowest BCUT2D eigenvalue weighted by Crippen LogP contribution is -2.50. The Balaban J connectivity index is 1.52. The van der Waals surface area contributed by atoms with Crippen molar-refractivity contribution in [2.24, 2.45) is 0 Å². The molecule has 2 aliphatic rings. The van der Waals surface area contributed by atoms with Crippen molar-refractivity contribution in [3.63, 3.8) is 0 Å². The number of nitrogens with one attached hydrogen (secondary N) is 2. The number of rotatable bonds is 8. The van der Waals surface area contributed by atoms with Crippen molar-refractivity contribution in [3.05, 3.63) is 66.2 Å². The fourth-order valence-corrected chi connectivity index (χ4v) is 5.66. The van der Waals surface area contributed by atoms with Crippen LogP contribution < -0.4 is 22.5 Å². The van der Waals surface area contributed by atoms with Crippen LogP contribution in [0.15, 0.2) is 43.7 Å². The summed E-state index contributed by atoms with van der Waals surface area (Å²) in [6.45, 7) is -6.06. The molecule has 0 bridgehead atoms. The summed E-state index contributed by atoms with van der Waals surface area (Å²) in [5.74, 6) is -3.26. The fraction of sp³-hybridized carbons (Fsp3) is 0.556. The second-order valence-electron chi connectivity index (χ2n) is 8.41. The van der Waals surface area contributed by atoms with Gasteiger partial charge >= 0.3 is 18.1 Å². The van der Waals surface area contributed by atoms with Crippen LogP contribution in [0.3, 0.4) is 0 Å². The molecule has 216 valence electrons. The maximum Gasteiger partial charge on any atom is 0.330 e. The van der Waals surface area contributed by atoms with Crippen LogP contribution in [-0.2, 0) is 30.3 Å². The van der Waals surface area contributed by atoms with E-state index in [0.29, 0.717) is 9.13 Å². The summed E-state index contributed by atoms with van der Waals surface area (Å²) in [6, 6.07) is 1.75. The number of aliphatic hydroxyl groups is 5. The summed E-state index contributed by atoms with van der Waals surface area (Å²) >= 11 is 4.73. The largest absolute Gasteiger partial charge is 0.393 e. The lowest BCUT2D eigenvalue weighted by molar-refractivity contribution is -0.218. The van der Waals surface area contributed by atoms with Gasteiger partial charge in [-0.1, -0.05) is 0 Å². The number of halogens is 1. The molecule has 0 amide bonds. The van der Waals surface area contributed by atoms with E-state index in [9.17, 15) is 49.6 Å². The summed E-state index contributed by atoms with van der Waals surface area (Å²) in [7, 11) is 0. The standard InChI is InChI=1S/C18H22FN4O14PS/c19-12-14(23-4-2-8(26)21-17(23)31)34-6(5-24)18(12,32)37-38(33,39)36-15(29)11-9(27)10(28)13(35-11)22-3-1-7(25)20-16(22)30/h1-4,6,9-15,24,27-29,32H,5H2,(H,33,39)(H,20,25,30)(H,21,26,31)/t6-,9?,10?,11+,12?,13-,14-,15?,18?,38?/m0/s1. The van der Waals surface area contributed by atoms with Crippen LogP contribution in [0.1, 0.15) is 12.5 Å². The highest BCUT2D eigenvalue weighted by Crippen LogP contribution is 2.54. The first-order valence-electron chi connectivity index (χ1n) is 10.9. The second kappa shape index (κ2) is 10.8. The van der Waals surface area contributed by atoms with E-state index in [1.54, 1.807) is 0 Å². The fourth-order valence-electron chi connectivity index (χ4n) is 4.02. The lowest BCUT2D eigenvalue weighted by Gasteiger charge is -2.33. The monoisotopic (exact) mass is 600 g/mol. The molecule has 0 spiro atoms. The van der Waals surface area contributed by atoms with E-state index in [0.717, 1.165) is 24.5 Å². The summed E-state index contributed by atoms with van der Waals surface area (Å²) in [5, 5.41) is 51.4. The highest BCUT2D eigenvalue weighted by atomic mass is 32.5. The average Bonchev–Trinajstić information content (AvgIpc) is 3.26. The number of aromatic nitrogens is 4. The Bertz CT molecular complexity index is 1500. The molecule has 21 heteroatoms. The number of ether oxygens (including phenoxy) is 2. The van der Waals surface area contributed by atoms with Crippen LogP contribution in [0, 0.1) is 0 Å². The Morgan fingerprint density at radius 3 is 2.10 bits per heavy atom. The zero-order chi connectivity index (χ0) is 28.9. The number of nitrogens with zero attached hydrogens (tertiary/aromatic N) is 2. The molecule has 2 fully saturated rings. The predicted molar refractivity (Wildman–Crippen MR) is 124 cm³/mol. The molecule has 4 heterocycles. The first-order chi connectivity index (χ1) is 18.2. The molecule has 18 nitrogen and oxygen atoms in total. The van der Waals surface area contributed by atoms with Gasteiger partial charge in [-0.15, -0.1) is 0 Å². The molecule has 39 heavy (non-hydrogen) atoms. The van der Waals surface area contributed by atoms with Gasteiger partial charge in [-0.3, -0.25) is 37.7 Å². The number of hydrogen-bond donors (Lipinski definition) is 8. The van der Waals surface area contributed by atoms with Gasteiger partial charge in [0.05, 0.1) is 6.61 Å². The van der Waals surface area contributed by atoms with Crippen LogP contribution in [0.4, 0.5) is 4.39 Å². The van der Waals surface area contributed by atoms with Gasteiger partial charge in [0.15, 0.2) is 18.7 Å². The Labute approximate surface area is 219 Å². The summed E-state index contributed by atoms with van der Waals surface area (Å²) < 4.78 is 36.6. The minimum Gasteiger partial charge on any atom is -0.393 e. The molecule has 4 rings (SSSR count). The van der Waals surface area contributed by atoms with Crippen molar-refractivity contribution in [3.8, 4) is 0 Å². The zero-order valence-corrected chi connectivity index (χ0v) is 20.9. The third-order valence-electron chi connectivity index (χ3n) is 5.89. The van der Waals surface area contributed by atoms with E-state index < -0.39 is 90.9 Å². The molecule has 0 radical (unpaired) electrons.